The summed E-state index contributed by atoms with van der Waals surface area (Å²) >= 11 is 6.26. The Morgan fingerprint density at radius 3 is 2.47 bits per heavy atom. The van der Waals surface area contributed by atoms with Crippen LogP contribution in [-0.2, 0) is 0 Å². The Bertz CT molecular complexity index is 471. The second-order valence-corrected chi connectivity index (χ2v) is 5.87. The zero-order valence-corrected chi connectivity index (χ0v) is 12.3. The minimum atomic E-state index is 0.618. The fraction of sp³-hybridized carbons (Fsp3) is 0.533. The van der Waals surface area contributed by atoms with Crippen molar-refractivity contribution in [2.45, 2.75) is 13.8 Å². The van der Waals surface area contributed by atoms with Gasteiger partial charge in [-0.05, 0) is 24.1 Å². The molecule has 102 valence electrons. The van der Waals surface area contributed by atoms with Crippen molar-refractivity contribution in [2.75, 3.05) is 37.6 Å². The van der Waals surface area contributed by atoms with Crippen molar-refractivity contribution in [1.29, 1.82) is 5.26 Å². The minimum Gasteiger partial charge on any atom is -0.368 e. The molecule has 1 fully saturated rings. The average molecular weight is 278 g/mol. The Balaban J connectivity index is 2.00. The highest BCUT2D eigenvalue weighted by molar-refractivity contribution is 6.33. The van der Waals surface area contributed by atoms with E-state index in [1.165, 1.54) is 0 Å². The summed E-state index contributed by atoms with van der Waals surface area (Å²) in [5.41, 5.74) is 1.66. The molecule has 0 amide bonds. The SMILES string of the molecule is CC(C)CN1CCN(c2ccc(C#N)cc2Cl)CC1. The van der Waals surface area contributed by atoms with Crippen LogP contribution in [0.2, 0.25) is 5.02 Å². The topological polar surface area (TPSA) is 30.3 Å². The van der Waals surface area contributed by atoms with Gasteiger partial charge in [-0.3, -0.25) is 4.90 Å². The van der Waals surface area contributed by atoms with Crippen LogP contribution >= 0.6 is 11.6 Å². The van der Waals surface area contributed by atoms with E-state index in [0.717, 1.165) is 38.4 Å². The number of benzene rings is 1. The van der Waals surface area contributed by atoms with E-state index in [-0.39, 0.29) is 0 Å². The smallest absolute Gasteiger partial charge is 0.0992 e. The molecule has 1 heterocycles. The summed E-state index contributed by atoms with van der Waals surface area (Å²) in [5, 5.41) is 9.53. The van der Waals surface area contributed by atoms with Gasteiger partial charge in [-0.1, -0.05) is 25.4 Å². The van der Waals surface area contributed by atoms with E-state index >= 15 is 0 Å². The first-order chi connectivity index (χ1) is 9.10. The molecule has 0 atom stereocenters. The van der Waals surface area contributed by atoms with Crippen LogP contribution in [-0.4, -0.2) is 37.6 Å². The number of nitriles is 1. The lowest BCUT2D eigenvalue weighted by atomic mass is 10.1. The summed E-state index contributed by atoms with van der Waals surface area (Å²) < 4.78 is 0. The molecule has 0 N–H and O–H groups in total. The van der Waals surface area contributed by atoms with E-state index in [0.29, 0.717) is 16.5 Å². The van der Waals surface area contributed by atoms with Gasteiger partial charge < -0.3 is 4.90 Å². The van der Waals surface area contributed by atoms with Gasteiger partial charge in [0, 0.05) is 32.7 Å². The maximum atomic E-state index is 8.85. The van der Waals surface area contributed by atoms with Crippen molar-refractivity contribution in [1.82, 2.24) is 4.90 Å². The molecule has 0 unspecified atom stereocenters. The fourth-order valence-corrected chi connectivity index (χ4v) is 2.82. The molecule has 1 aliphatic rings. The highest BCUT2D eigenvalue weighted by Gasteiger charge is 2.19. The van der Waals surface area contributed by atoms with Gasteiger partial charge in [-0.25, -0.2) is 0 Å². The lowest BCUT2D eigenvalue weighted by Crippen LogP contribution is -2.47. The molecule has 3 nitrogen and oxygen atoms in total. The van der Waals surface area contributed by atoms with Crippen LogP contribution in [0.3, 0.4) is 0 Å². The second-order valence-electron chi connectivity index (χ2n) is 5.46. The summed E-state index contributed by atoms with van der Waals surface area (Å²) in [6.07, 6.45) is 0. The molecule has 0 aliphatic carbocycles. The number of hydrogen-bond acceptors (Lipinski definition) is 3. The number of rotatable bonds is 3. The van der Waals surface area contributed by atoms with Gasteiger partial charge in [-0.15, -0.1) is 0 Å². The summed E-state index contributed by atoms with van der Waals surface area (Å²) in [6.45, 7) is 9.82. The zero-order valence-electron chi connectivity index (χ0n) is 11.6. The number of anilines is 1. The number of piperazine rings is 1. The van der Waals surface area contributed by atoms with E-state index in [2.05, 4.69) is 29.7 Å². The van der Waals surface area contributed by atoms with Crippen molar-refractivity contribution in [3.63, 3.8) is 0 Å². The van der Waals surface area contributed by atoms with Gasteiger partial charge in [0.25, 0.3) is 0 Å². The molecule has 1 aromatic carbocycles. The maximum Gasteiger partial charge on any atom is 0.0992 e. The lowest BCUT2D eigenvalue weighted by Gasteiger charge is -2.37. The van der Waals surface area contributed by atoms with E-state index in [4.69, 9.17) is 16.9 Å². The Labute approximate surface area is 120 Å². The predicted octanol–water partition coefficient (Wildman–Crippen LogP) is 2.99. The Hall–Kier alpha value is -1.24. The van der Waals surface area contributed by atoms with Gasteiger partial charge in [0.15, 0.2) is 0 Å². The predicted molar refractivity (Wildman–Crippen MR) is 79.7 cm³/mol. The standard InChI is InChI=1S/C15H20ClN3/c1-12(2)11-18-5-7-19(8-6-18)15-4-3-13(10-17)9-14(15)16/h3-4,9,12H,5-8,11H2,1-2H3. The van der Waals surface area contributed by atoms with Crippen molar-refractivity contribution < 1.29 is 0 Å². The normalized spacial score (nSPS) is 16.7. The lowest BCUT2D eigenvalue weighted by molar-refractivity contribution is 0.231. The van der Waals surface area contributed by atoms with Crippen LogP contribution in [0.25, 0.3) is 0 Å². The van der Waals surface area contributed by atoms with Gasteiger partial charge in [0.05, 0.1) is 22.3 Å². The third-order valence-corrected chi connectivity index (χ3v) is 3.72. The average Bonchev–Trinajstić information content (AvgIpc) is 2.39. The Morgan fingerprint density at radius 1 is 1.26 bits per heavy atom. The molecule has 0 spiro atoms. The van der Waals surface area contributed by atoms with Crippen LogP contribution in [0.4, 0.5) is 5.69 Å². The number of nitrogens with zero attached hydrogens (tertiary/aromatic N) is 3. The first-order valence-electron chi connectivity index (χ1n) is 6.77. The zero-order chi connectivity index (χ0) is 13.8. The monoisotopic (exact) mass is 277 g/mol. The molecular weight excluding hydrogens is 258 g/mol. The first kappa shape index (κ1) is 14.2. The highest BCUT2D eigenvalue weighted by Crippen LogP contribution is 2.27. The van der Waals surface area contributed by atoms with Crippen LogP contribution in [0.5, 0.6) is 0 Å². The van der Waals surface area contributed by atoms with E-state index in [9.17, 15) is 0 Å². The molecule has 19 heavy (non-hydrogen) atoms. The number of halogens is 1. The molecule has 2 rings (SSSR count). The van der Waals surface area contributed by atoms with Crippen molar-refractivity contribution in [3.05, 3.63) is 28.8 Å². The van der Waals surface area contributed by atoms with Gasteiger partial charge >= 0.3 is 0 Å². The van der Waals surface area contributed by atoms with E-state index in [1.807, 2.05) is 12.1 Å². The Morgan fingerprint density at radius 2 is 1.95 bits per heavy atom. The fourth-order valence-electron chi connectivity index (χ4n) is 2.52. The van der Waals surface area contributed by atoms with Gasteiger partial charge in [0.1, 0.15) is 0 Å². The molecule has 0 saturated carbocycles. The molecular formula is C15H20ClN3. The van der Waals surface area contributed by atoms with E-state index in [1.54, 1.807) is 6.07 Å². The Kier molecular flexibility index (Phi) is 4.68. The largest absolute Gasteiger partial charge is 0.368 e. The molecule has 1 aromatic rings. The van der Waals surface area contributed by atoms with Crippen LogP contribution in [0, 0.1) is 17.2 Å². The van der Waals surface area contributed by atoms with Crippen molar-refractivity contribution in [2.24, 2.45) is 5.92 Å². The second kappa shape index (κ2) is 6.27. The summed E-state index contributed by atoms with van der Waals surface area (Å²) in [6, 6.07) is 7.66. The molecule has 4 heteroatoms. The van der Waals surface area contributed by atoms with Crippen molar-refractivity contribution in [3.8, 4) is 6.07 Å². The van der Waals surface area contributed by atoms with Crippen molar-refractivity contribution >= 4 is 17.3 Å². The molecule has 0 bridgehead atoms. The van der Waals surface area contributed by atoms with E-state index < -0.39 is 0 Å². The third kappa shape index (κ3) is 3.62. The quantitative estimate of drug-likeness (QED) is 0.851. The van der Waals surface area contributed by atoms with Crippen LogP contribution in [0.1, 0.15) is 19.4 Å². The summed E-state index contributed by atoms with van der Waals surface area (Å²) in [5.74, 6) is 0.713. The number of hydrogen-bond donors (Lipinski definition) is 0. The van der Waals surface area contributed by atoms with Crippen LogP contribution in [0.15, 0.2) is 18.2 Å². The molecule has 0 radical (unpaired) electrons. The highest BCUT2D eigenvalue weighted by atomic mass is 35.5. The van der Waals surface area contributed by atoms with Gasteiger partial charge in [-0.2, -0.15) is 5.26 Å². The molecule has 0 aromatic heterocycles. The minimum absolute atomic E-state index is 0.618. The molecule has 1 saturated heterocycles. The molecule has 1 aliphatic heterocycles. The van der Waals surface area contributed by atoms with Gasteiger partial charge in [0.2, 0.25) is 0 Å². The third-order valence-electron chi connectivity index (χ3n) is 3.41. The summed E-state index contributed by atoms with van der Waals surface area (Å²) in [7, 11) is 0. The van der Waals surface area contributed by atoms with Crippen LogP contribution < -0.4 is 4.90 Å². The maximum absolute atomic E-state index is 8.85. The summed E-state index contributed by atoms with van der Waals surface area (Å²) in [4.78, 5) is 4.80. The first-order valence-corrected chi connectivity index (χ1v) is 7.15.